The zero-order valence-corrected chi connectivity index (χ0v) is 20.8. The van der Waals surface area contributed by atoms with Crippen LogP contribution in [0.2, 0.25) is 0 Å². The molecule has 37 heavy (non-hydrogen) atoms. The lowest BCUT2D eigenvalue weighted by molar-refractivity contribution is 1.17. The molecule has 0 bridgehead atoms. The standard InChI is InChI=1S/C33H21BN2S/c1-2-9-26-24(8-1)25-20-21-35-28-11-7-10-27(33(25)28)34(26)22-16-18-23(19-17-22)36-29-12-3-5-14-31(29)37-32-15-6-4-13-30(32)36/h1-21H. The normalized spacial score (nSPS) is 13.2. The van der Waals surface area contributed by atoms with Crippen molar-refractivity contribution in [1.82, 2.24) is 4.98 Å². The summed E-state index contributed by atoms with van der Waals surface area (Å²) in [6.45, 7) is 0.169. The molecular formula is C33H21BN2S. The van der Waals surface area contributed by atoms with Gasteiger partial charge in [-0.3, -0.25) is 4.98 Å². The average molecular weight is 488 g/mol. The molecule has 0 amide bonds. The molecular weight excluding hydrogens is 467 g/mol. The molecule has 172 valence electrons. The third-order valence-electron chi connectivity index (χ3n) is 7.59. The van der Waals surface area contributed by atoms with Gasteiger partial charge >= 0.3 is 0 Å². The van der Waals surface area contributed by atoms with E-state index in [0.29, 0.717) is 0 Å². The molecule has 0 aliphatic carbocycles. The van der Waals surface area contributed by atoms with E-state index in [2.05, 4.69) is 126 Å². The number of para-hydroxylation sites is 2. The number of aromatic nitrogens is 1. The first-order valence-corrected chi connectivity index (χ1v) is 13.4. The van der Waals surface area contributed by atoms with Crippen molar-refractivity contribution in [3.8, 4) is 11.1 Å². The minimum Gasteiger partial charge on any atom is -0.308 e. The summed E-state index contributed by atoms with van der Waals surface area (Å²) in [5.41, 5.74) is 11.3. The molecule has 3 heterocycles. The van der Waals surface area contributed by atoms with Crippen LogP contribution in [0.4, 0.5) is 17.1 Å². The molecule has 8 rings (SSSR count). The van der Waals surface area contributed by atoms with Crippen molar-refractivity contribution in [3.05, 3.63) is 128 Å². The number of hydrogen-bond donors (Lipinski definition) is 0. The lowest BCUT2D eigenvalue weighted by Crippen LogP contribution is -2.54. The SMILES string of the molecule is c1ccc2c(c1)Sc1ccccc1N2c1ccc(B2c3ccccc3-c3ccnc4cccc2c34)cc1. The second-order valence-electron chi connectivity index (χ2n) is 9.58. The molecule has 4 heteroatoms. The molecule has 0 saturated heterocycles. The summed E-state index contributed by atoms with van der Waals surface area (Å²) in [6, 6.07) is 44.1. The maximum atomic E-state index is 4.69. The fourth-order valence-electron chi connectivity index (χ4n) is 6.02. The van der Waals surface area contributed by atoms with Gasteiger partial charge in [-0.1, -0.05) is 101 Å². The van der Waals surface area contributed by atoms with Gasteiger partial charge in [0.25, 0.3) is 0 Å². The van der Waals surface area contributed by atoms with E-state index in [4.69, 9.17) is 4.98 Å². The molecule has 6 aromatic rings. The molecule has 2 aliphatic rings. The van der Waals surface area contributed by atoms with Crippen LogP contribution in [0.1, 0.15) is 0 Å². The maximum absolute atomic E-state index is 4.69. The molecule has 0 atom stereocenters. The van der Waals surface area contributed by atoms with Crippen LogP contribution in [-0.2, 0) is 0 Å². The molecule has 0 fully saturated rings. The first kappa shape index (κ1) is 20.9. The number of pyridine rings is 1. The predicted molar refractivity (Wildman–Crippen MR) is 157 cm³/mol. The van der Waals surface area contributed by atoms with Gasteiger partial charge in [0.2, 0.25) is 6.71 Å². The molecule has 2 aliphatic heterocycles. The lowest BCUT2D eigenvalue weighted by Gasteiger charge is -2.33. The van der Waals surface area contributed by atoms with Crippen molar-refractivity contribution in [2.45, 2.75) is 9.79 Å². The third-order valence-corrected chi connectivity index (χ3v) is 8.72. The highest BCUT2D eigenvalue weighted by atomic mass is 32.2. The van der Waals surface area contributed by atoms with Gasteiger partial charge in [-0.15, -0.1) is 0 Å². The highest BCUT2D eigenvalue weighted by Crippen LogP contribution is 2.50. The van der Waals surface area contributed by atoms with Crippen LogP contribution < -0.4 is 21.3 Å². The Balaban J connectivity index is 1.29. The van der Waals surface area contributed by atoms with Crippen LogP contribution in [0.5, 0.6) is 0 Å². The summed E-state index contributed by atoms with van der Waals surface area (Å²) in [5, 5.41) is 1.27. The van der Waals surface area contributed by atoms with Crippen molar-refractivity contribution < 1.29 is 0 Å². The number of rotatable bonds is 2. The molecule has 0 N–H and O–H groups in total. The lowest BCUT2D eigenvalue weighted by atomic mass is 9.34. The van der Waals surface area contributed by atoms with Gasteiger partial charge in [-0.05, 0) is 59.7 Å². The highest BCUT2D eigenvalue weighted by molar-refractivity contribution is 7.99. The Morgan fingerprint density at radius 3 is 2.03 bits per heavy atom. The van der Waals surface area contributed by atoms with Crippen molar-refractivity contribution in [2.24, 2.45) is 0 Å². The van der Waals surface area contributed by atoms with Gasteiger partial charge in [0.05, 0.1) is 16.9 Å². The highest BCUT2D eigenvalue weighted by Gasteiger charge is 2.32. The van der Waals surface area contributed by atoms with Crippen molar-refractivity contribution in [2.75, 3.05) is 4.90 Å². The van der Waals surface area contributed by atoms with Crippen LogP contribution >= 0.6 is 11.8 Å². The number of fused-ring (bicyclic) bond motifs is 4. The van der Waals surface area contributed by atoms with E-state index in [9.17, 15) is 0 Å². The van der Waals surface area contributed by atoms with Gasteiger partial charge < -0.3 is 4.90 Å². The summed E-state index contributed by atoms with van der Waals surface area (Å²) in [4.78, 5) is 9.64. The van der Waals surface area contributed by atoms with Crippen LogP contribution in [0.25, 0.3) is 22.0 Å². The fourth-order valence-corrected chi connectivity index (χ4v) is 7.08. The smallest absolute Gasteiger partial charge is 0.242 e. The Bertz CT molecular complexity index is 1780. The quantitative estimate of drug-likeness (QED) is 0.253. The van der Waals surface area contributed by atoms with Crippen LogP contribution in [0, 0.1) is 0 Å². The molecule has 1 aromatic heterocycles. The first-order valence-electron chi connectivity index (χ1n) is 12.6. The topological polar surface area (TPSA) is 16.1 Å². The molecule has 0 saturated carbocycles. The second kappa shape index (κ2) is 8.12. The van der Waals surface area contributed by atoms with Crippen LogP contribution in [-0.4, -0.2) is 11.7 Å². The fraction of sp³-hybridized carbons (Fsp3) is 0. The predicted octanol–water partition coefficient (Wildman–Crippen LogP) is 6.67. The zero-order valence-electron chi connectivity index (χ0n) is 20.0. The molecule has 2 nitrogen and oxygen atoms in total. The Hall–Kier alpha value is -4.28. The molecule has 0 unspecified atom stereocenters. The molecule has 0 radical (unpaired) electrons. The number of anilines is 3. The van der Waals surface area contributed by atoms with E-state index in [1.165, 1.54) is 59.8 Å². The minimum atomic E-state index is 0.169. The summed E-state index contributed by atoms with van der Waals surface area (Å²) in [6.07, 6.45) is 1.93. The third kappa shape index (κ3) is 3.12. The van der Waals surface area contributed by atoms with E-state index < -0.39 is 0 Å². The van der Waals surface area contributed by atoms with Gasteiger partial charge in [0.1, 0.15) is 0 Å². The average Bonchev–Trinajstić information content (AvgIpc) is 2.96. The van der Waals surface area contributed by atoms with Crippen LogP contribution in [0.3, 0.4) is 0 Å². The summed E-state index contributed by atoms with van der Waals surface area (Å²) < 4.78 is 0. The van der Waals surface area contributed by atoms with Gasteiger partial charge in [-0.2, -0.15) is 0 Å². The Morgan fingerprint density at radius 1 is 0.568 bits per heavy atom. The summed E-state index contributed by atoms with van der Waals surface area (Å²) >= 11 is 1.84. The Labute approximate surface area is 220 Å². The number of nitrogens with zero attached hydrogens (tertiary/aromatic N) is 2. The van der Waals surface area contributed by atoms with Crippen LogP contribution in [0.15, 0.2) is 137 Å². The molecule has 0 spiro atoms. The Kier molecular flexibility index (Phi) is 4.58. The van der Waals surface area contributed by atoms with E-state index in [1.807, 2.05) is 18.0 Å². The largest absolute Gasteiger partial charge is 0.308 e. The Morgan fingerprint density at radius 2 is 1.24 bits per heavy atom. The summed E-state index contributed by atoms with van der Waals surface area (Å²) in [7, 11) is 0. The van der Waals surface area contributed by atoms with E-state index in [1.54, 1.807) is 0 Å². The minimum absolute atomic E-state index is 0.169. The van der Waals surface area contributed by atoms with E-state index in [-0.39, 0.29) is 6.71 Å². The monoisotopic (exact) mass is 488 g/mol. The number of benzene rings is 5. The summed E-state index contributed by atoms with van der Waals surface area (Å²) in [5.74, 6) is 0. The molecule has 5 aromatic carbocycles. The van der Waals surface area contributed by atoms with Gasteiger partial charge in [-0.25, -0.2) is 0 Å². The maximum Gasteiger partial charge on any atom is 0.242 e. The van der Waals surface area contributed by atoms with Gasteiger partial charge in [0, 0.05) is 27.1 Å². The van der Waals surface area contributed by atoms with Crippen molar-refractivity contribution in [3.63, 3.8) is 0 Å². The van der Waals surface area contributed by atoms with Crippen molar-refractivity contribution >= 4 is 62.8 Å². The second-order valence-corrected chi connectivity index (χ2v) is 10.7. The zero-order chi connectivity index (χ0) is 24.3. The van der Waals surface area contributed by atoms with E-state index in [0.717, 1.165) is 5.52 Å². The van der Waals surface area contributed by atoms with E-state index >= 15 is 0 Å². The first-order chi connectivity index (χ1) is 18.4. The van der Waals surface area contributed by atoms with Crippen molar-refractivity contribution in [1.29, 1.82) is 0 Å². The number of hydrogen-bond acceptors (Lipinski definition) is 3. The van der Waals surface area contributed by atoms with Gasteiger partial charge in [0.15, 0.2) is 0 Å².